The molecule has 0 atom stereocenters. The molecule has 1 aliphatic carbocycles. The predicted molar refractivity (Wildman–Crippen MR) is 99.6 cm³/mol. The van der Waals surface area contributed by atoms with Crippen LogP contribution in [0.4, 0.5) is 11.4 Å². The molecule has 0 aliphatic heterocycles. The number of nitrogens with zero attached hydrogens (tertiary/aromatic N) is 1. The van der Waals surface area contributed by atoms with Crippen molar-refractivity contribution in [3.8, 4) is 0 Å². The molecule has 1 aromatic carbocycles. The minimum atomic E-state index is -0.385. The van der Waals surface area contributed by atoms with Crippen LogP contribution < -0.4 is 10.6 Å². The quantitative estimate of drug-likeness (QED) is 0.775. The Kier molecular flexibility index (Phi) is 5.84. The number of pyridine rings is 1. The second kappa shape index (κ2) is 8.47. The molecule has 0 radical (unpaired) electrons. The van der Waals surface area contributed by atoms with Crippen molar-refractivity contribution < 1.29 is 14.3 Å². The van der Waals surface area contributed by atoms with E-state index in [0.717, 1.165) is 25.7 Å². The SMILES string of the molecule is CCOC(=O)c1ccccc1Nc1ccnc(C(=O)NC2CCCC2)c1. The fourth-order valence-electron chi connectivity index (χ4n) is 3.10. The molecule has 2 aromatic rings. The Balaban J connectivity index is 1.75. The average molecular weight is 353 g/mol. The molecule has 6 nitrogen and oxygen atoms in total. The number of aromatic nitrogens is 1. The van der Waals surface area contributed by atoms with Gasteiger partial charge in [-0.1, -0.05) is 25.0 Å². The molecule has 0 unspecified atom stereocenters. The molecule has 1 saturated carbocycles. The molecular formula is C20H23N3O3. The number of carbonyl (C=O) groups is 2. The first-order chi connectivity index (χ1) is 12.7. The van der Waals surface area contributed by atoms with E-state index >= 15 is 0 Å². The maximum Gasteiger partial charge on any atom is 0.340 e. The number of esters is 1. The van der Waals surface area contributed by atoms with Gasteiger partial charge in [0.1, 0.15) is 5.69 Å². The van der Waals surface area contributed by atoms with Crippen LogP contribution in [0.1, 0.15) is 53.5 Å². The lowest BCUT2D eigenvalue weighted by atomic mass is 10.1. The van der Waals surface area contributed by atoms with Crippen LogP contribution in [0, 0.1) is 0 Å². The number of hydrogen-bond acceptors (Lipinski definition) is 5. The standard InChI is InChI=1S/C20H23N3O3/c1-2-26-20(25)16-9-5-6-10-17(16)22-15-11-12-21-18(13-15)19(24)23-14-7-3-4-8-14/h5-6,9-14H,2-4,7-8H2,1H3,(H,21,22)(H,23,24). The molecule has 2 N–H and O–H groups in total. The van der Waals surface area contributed by atoms with Gasteiger partial charge in [-0.3, -0.25) is 9.78 Å². The Labute approximate surface area is 153 Å². The van der Waals surface area contributed by atoms with E-state index in [1.807, 2.05) is 6.07 Å². The van der Waals surface area contributed by atoms with E-state index in [1.165, 1.54) is 0 Å². The molecule has 0 spiro atoms. The maximum atomic E-state index is 12.4. The van der Waals surface area contributed by atoms with Crippen LogP contribution in [0.5, 0.6) is 0 Å². The summed E-state index contributed by atoms with van der Waals surface area (Å²) >= 11 is 0. The first kappa shape index (κ1) is 17.9. The molecule has 1 fully saturated rings. The summed E-state index contributed by atoms with van der Waals surface area (Å²) < 4.78 is 5.09. The first-order valence-electron chi connectivity index (χ1n) is 8.97. The third-order valence-electron chi connectivity index (χ3n) is 4.38. The third kappa shape index (κ3) is 4.39. The Bertz CT molecular complexity index is 785. The number of rotatable bonds is 6. The molecular weight excluding hydrogens is 330 g/mol. The van der Waals surface area contributed by atoms with Crippen molar-refractivity contribution in [2.45, 2.75) is 38.6 Å². The van der Waals surface area contributed by atoms with E-state index in [2.05, 4.69) is 15.6 Å². The highest BCUT2D eigenvalue weighted by atomic mass is 16.5. The molecule has 1 heterocycles. The van der Waals surface area contributed by atoms with E-state index in [4.69, 9.17) is 4.74 Å². The summed E-state index contributed by atoms with van der Waals surface area (Å²) in [5, 5.41) is 6.21. The van der Waals surface area contributed by atoms with Crippen LogP contribution in [-0.2, 0) is 4.74 Å². The van der Waals surface area contributed by atoms with E-state index in [0.29, 0.717) is 29.2 Å². The van der Waals surface area contributed by atoms with E-state index < -0.39 is 0 Å². The predicted octanol–water partition coefficient (Wildman–Crippen LogP) is 3.67. The van der Waals surface area contributed by atoms with Crippen molar-refractivity contribution in [3.63, 3.8) is 0 Å². The monoisotopic (exact) mass is 353 g/mol. The van der Waals surface area contributed by atoms with Crippen LogP contribution in [0.25, 0.3) is 0 Å². The normalized spacial score (nSPS) is 14.0. The lowest BCUT2D eigenvalue weighted by Crippen LogP contribution is -2.33. The van der Waals surface area contributed by atoms with Crippen molar-refractivity contribution in [1.82, 2.24) is 10.3 Å². The second-order valence-electron chi connectivity index (χ2n) is 6.28. The zero-order valence-corrected chi connectivity index (χ0v) is 14.8. The first-order valence-corrected chi connectivity index (χ1v) is 8.97. The molecule has 0 bridgehead atoms. The third-order valence-corrected chi connectivity index (χ3v) is 4.38. The van der Waals surface area contributed by atoms with Gasteiger partial charge in [-0.15, -0.1) is 0 Å². The number of benzene rings is 1. The van der Waals surface area contributed by atoms with Crippen molar-refractivity contribution >= 4 is 23.3 Å². The number of anilines is 2. The fourth-order valence-corrected chi connectivity index (χ4v) is 3.10. The summed E-state index contributed by atoms with van der Waals surface area (Å²) in [6, 6.07) is 10.8. The molecule has 136 valence electrons. The largest absolute Gasteiger partial charge is 0.462 e. The van der Waals surface area contributed by atoms with E-state index in [9.17, 15) is 9.59 Å². The van der Waals surface area contributed by atoms with Gasteiger partial charge in [0.2, 0.25) is 0 Å². The van der Waals surface area contributed by atoms with E-state index in [-0.39, 0.29) is 17.9 Å². The fraction of sp³-hybridized carbons (Fsp3) is 0.350. The minimum Gasteiger partial charge on any atom is -0.462 e. The lowest BCUT2D eigenvalue weighted by molar-refractivity contribution is 0.0527. The smallest absolute Gasteiger partial charge is 0.340 e. The van der Waals surface area contributed by atoms with Gasteiger partial charge in [0.15, 0.2) is 0 Å². The van der Waals surface area contributed by atoms with Crippen molar-refractivity contribution in [2.24, 2.45) is 0 Å². The van der Waals surface area contributed by atoms with Gasteiger partial charge in [0.05, 0.1) is 17.9 Å². The van der Waals surface area contributed by atoms with Gasteiger partial charge in [0, 0.05) is 17.9 Å². The summed E-state index contributed by atoms with van der Waals surface area (Å²) in [6.45, 7) is 2.08. The summed E-state index contributed by atoms with van der Waals surface area (Å²) in [6.07, 6.45) is 5.95. The Morgan fingerprint density at radius 3 is 2.73 bits per heavy atom. The summed E-state index contributed by atoms with van der Waals surface area (Å²) in [7, 11) is 0. The highest BCUT2D eigenvalue weighted by molar-refractivity contribution is 5.97. The number of amides is 1. The minimum absolute atomic E-state index is 0.167. The van der Waals surface area contributed by atoms with Crippen molar-refractivity contribution in [1.29, 1.82) is 0 Å². The number of hydrogen-bond donors (Lipinski definition) is 2. The lowest BCUT2D eigenvalue weighted by Gasteiger charge is -2.13. The summed E-state index contributed by atoms with van der Waals surface area (Å²) in [5.74, 6) is -0.553. The molecule has 0 saturated heterocycles. The Hall–Kier alpha value is -2.89. The van der Waals surface area contributed by atoms with Gasteiger partial charge in [-0.2, -0.15) is 0 Å². The van der Waals surface area contributed by atoms with Crippen molar-refractivity contribution in [3.05, 3.63) is 53.9 Å². The van der Waals surface area contributed by atoms with Crippen LogP contribution >= 0.6 is 0 Å². The van der Waals surface area contributed by atoms with Crippen molar-refractivity contribution in [2.75, 3.05) is 11.9 Å². The van der Waals surface area contributed by atoms with Crippen LogP contribution in [0.2, 0.25) is 0 Å². The van der Waals surface area contributed by atoms with Gasteiger partial charge in [-0.25, -0.2) is 4.79 Å². The zero-order chi connectivity index (χ0) is 18.4. The summed E-state index contributed by atoms with van der Waals surface area (Å²) in [5.41, 5.74) is 2.12. The Morgan fingerprint density at radius 2 is 1.96 bits per heavy atom. The van der Waals surface area contributed by atoms with Crippen LogP contribution in [0.15, 0.2) is 42.6 Å². The highest BCUT2D eigenvalue weighted by Gasteiger charge is 2.19. The van der Waals surface area contributed by atoms with Gasteiger partial charge in [0.25, 0.3) is 5.91 Å². The molecule has 3 rings (SSSR count). The van der Waals surface area contributed by atoms with Gasteiger partial charge >= 0.3 is 5.97 Å². The van der Waals surface area contributed by atoms with Gasteiger partial charge in [-0.05, 0) is 44.0 Å². The molecule has 1 aliphatic rings. The molecule has 1 amide bonds. The topological polar surface area (TPSA) is 80.3 Å². The average Bonchev–Trinajstić information content (AvgIpc) is 3.15. The Morgan fingerprint density at radius 1 is 1.19 bits per heavy atom. The van der Waals surface area contributed by atoms with Crippen LogP contribution in [-0.4, -0.2) is 29.5 Å². The van der Waals surface area contributed by atoms with Crippen LogP contribution in [0.3, 0.4) is 0 Å². The number of para-hydroxylation sites is 1. The molecule has 6 heteroatoms. The van der Waals surface area contributed by atoms with Gasteiger partial charge < -0.3 is 15.4 Å². The molecule has 26 heavy (non-hydrogen) atoms. The maximum absolute atomic E-state index is 12.4. The number of nitrogens with one attached hydrogen (secondary N) is 2. The second-order valence-corrected chi connectivity index (χ2v) is 6.28. The molecule has 1 aromatic heterocycles. The zero-order valence-electron chi connectivity index (χ0n) is 14.8. The summed E-state index contributed by atoms with van der Waals surface area (Å²) in [4.78, 5) is 28.6. The number of carbonyl (C=O) groups excluding carboxylic acids is 2. The number of ether oxygens (including phenoxy) is 1. The highest BCUT2D eigenvalue weighted by Crippen LogP contribution is 2.22. The van der Waals surface area contributed by atoms with E-state index in [1.54, 1.807) is 43.5 Å².